The molecule has 0 fully saturated rings. The van der Waals surface area contributed by atoms with Crippen molar-refractivity contribution >= 4 is 5.69 Å². The van der Waals surface area contributed by atoms with Crippen LogP contribution in [0.15, 0.2) is 42.5 Å². The van der Waals surface area contributed by atoms with Crippen molar-refractivity contribution in [3.63, 3.8) is 0 Å². The maximum Gasteiger partial charge on any atom is 0.387 e. The Labute approximate surface area is 133 Å². The predicted molar refractivity (Wildman–Crippen MR) is 82.5 cm³/mol. The van der Waals surface area contributed by atoms with Crippen LogP contribution in [0.4, 0.5) is 14.5 Å². The molecule has 0 radical (unpaired) electrons. The number of rotatable bonds is 5. The number of para-hydroxylation sites is 1. The van der Waals surface area contributed by atoms with Gasteiger partial charge < -0.3 is 19.5 Å². The van der Waals surface area contributed by atoms with Gasteiger partial charge in [0.25, 0.3) is 0 Å². The molecule has 3 rings (SSSR count). The molecule has 6 heteroatoms. The number of nitrogens with one attached hydrogen (secondary N) is 1. The molecule has 2 aromatic carbocycles. The summed E-state index contributed by atoms with van der Waals surface area (Å²) in [5, 5.41) is 3.35. The molecule has 1 unspecified atom stereocenters. The van der Waals surface area contributed by atoms with E-state index in [4.69, 9.17) is 9.47 Å². The van der Waals surface area contributed by atoms with E-state index in [0.717, 1.165) is 11.3 Å². The number of halogens is 2. The van der Waals surface area contributed by atoms with Gasteiger partial charge in [-0.25, -0.2) is 0 Å². The van der Waals surface area contributed by atoms with Gasteiger partial charge in [-0.2, -0.15) is 8.78 Å². The summed E-state index contributed by atoms with van der Waals surface area (Å²) < 4.78 is 39.9. The van der Waals surface area contributed by atoms with Crippen molar-refractivity contribution < 1.29 is 23.0 Å². The normalized spacial score (nSPS) is 14.4. The monoisotopic (exact) mass is 321 g/mol. The quantitative estimate of drug-likeness (QED) is 0.894. The van der Waals surface area contributed by atoms with Gasteiger partial charge in [0.15, 0.2) is 11.5 Å². The maximum absolute atomic E-state index is 12.2. The summed E-state index contributed by atoms with van der Waals surface area (Å²) in [7, 11) is 0. The first-order valence-corrected chi connectivity index (χ1v) is 7.33. The second-order valence-electron chi connectivity index (χ2n) is 5.14. The van der Waals surface area contributed by atoms with E-state index in [0.29, 0.717) is 24.7 Å². The van der Waals surface area contributed by atoms with Gasteiger partial charge in [-0.15, -0.1) is 0 Å². The van der Waals surface area contributed by atoms with E-state index in [1.54, 1.807) is 12.1 Å². The number of anilines is 1. The van der Waals surface area contributed by atoms with Crippen LogP contribution in [-0.2, 0) is 0 Å². The fraction of sp³-hybridized carbons (Fsp3) is 0.294. The molecule has 1 aliphatic rings. The zero-order valence-electron chi connectivity index (χ0n) is 12.6. The molecule has 1 aliphatic heterocycles. The van der Waals surface area contributed by atoms with Gasteiger partial charge in [-0.1, -0.05) is 18.2 Å². The Kier molecular flexibility index (Phi) is 4.50. The first-order valence-electron chi connectivity index (χ1n) is 7.33. The van der Waals surface area contributed by atoms with E-state index in [2.05, 4.69) is 10.1 Å². The zero-order valence-corrected chi connectivity index (χ0v) is 12.6. The minimum Gasteiger partial charge on any atom is -0.486 e. The third-order valence-electron chi connectivity index (χ3n) is 3.54. The molecular formula is C17H17F2NO3. The minimum atomic E-state index is -2.82. The van der Waals surface area contributed by atoms with Crippen LogP contribution in [0, 0.1) is 0 Å². The van der Waals surface area contributed by atoms with Crippen LogP contribution in [0.1, 0.15) is 18.5 Å². The molecule has 4 nitrogen and oxygen atoms in total. The molecule has 0 saturated carbocycles. The van der Waals surface area contributed by atoms with Gasteiger partial charge in [0.1, 0.15) is 19.0 Å². The van der Waals surface area contributed by atoms with Crippen molar-refractivity contribution in [3.8, 4) is 17.2 Å². The molecule has 0 bridgehead atoms. The number of benzene rings is 2. The summed E-state index contributed by atoms with van der Waals surface area (Å²) in [4.78, 5) is 0. The van der Waals surface area contributed by atoms with Crippen molar-refractivity contribution in [1.29, 1.82) is 0 Å². The fourth-order valence-electron chi connectivity index (χ4n) is 2.44. The third kappa shape index (κ3) is 3.64. The highest BCUT2D eigenvalue weighted by molar-refractivity contribution is 5.64. The standard InChI is InChI=1S/C17H17F2NO3/c1-11(12-5-7-13(8-6-12)23-17(18)19)20-14-3-2-4-15-16(14)22-10-9-21-15/h2-8,11,17,20H,9-10H2,1H3. The van der Waals surface area contributed by atoms with E-state index >= 15 is 0 Å². The number of hydrogen-bond acceptors (Lipinski definition) is 4. The molecule has 0 aliphatic carbocycles. The lowest BCUT2D eigenvalue weighted by molar-refractivity contribution is -0.0498. The molecule has 1 N–H and O–H groups in total. The summed E-state index contributed by atoms with van der Waals surface area (Å²) in [6.07, 6.45) is 0. The van der Waals surface area contributed by atoms with Crippen LogP contribution in [-0.4, -0.2) is 19.8 Å². The largest absolute Gasteiger partial charge is 0.486 e. The van der Waals surface area contributed by atoms with Gasteiger partial charge in [0.05, 0.1) is 5.69 Å². The molecule has 0 aromatic heterocycles. The lowest BCUT2D eigenvalue weighted by Gasteiger charge is -2.23. The van der Waals surface area contributed by atoms with E-state index < -0.39 is 6.61 Å². The van der Waals surface area contributed by atoms with Crippen LogP contribution < -0.4 is 19.5 Å². The second kappa shape index (κ2) is 6.73. The highest BCUT2D eigenvalue weighted by atomic mass is 19.3. The van der Waals surface area contributed by atoms with Crippen molar-refractivity contribution in [2.75, 3.05) is 18.5 Å². The summed E-state index contributed by atoms with van der Waals surface area (Å²) in [5.41, 5.74) is 1.78. The van der Waals surface area contributed by atoms with Crippen molar-refractivity contribution in [2.45, 2.75) is 19.6 Å². The Bertz CT molecular complexity index is 661. The smallest absolute Gasteiger partial charge is 0.387 e. The molecule has 0 spiro atoms. The fourth-order valence-corrected chi connectivity index (χ4v) is 2.44. The topological polar surface area (TPSA) is 39.7 Å². The number of ether oxygens (including phenoxy) is 3. The molecule has 122 valence electrons. The minimum absolute atomic E-state index is 0.0346. The van der Waals surface area contributed by atoms with Crippen molar-refractivity contribution in [3.05, 3.63) is 48.0 Å². The van der Waals surface area contributed by atoms with Gasteiger partial charge in [-0.3, -0.25) is 0 Å². The average molecular weight is 321 g/mol. The predicted octanol–water partition coefficient (Wildman–Crippen LogP) is 4.23. The molecule has 2 aromatic rings. The Morgan fingerprint density at radius 3 is 2.52 bits per heavy atom. The SMILES string of the molecule is CC(Nc1cccc2c1OCCO2)c1ccc(OC(F)F)cc1. The Balaban J connectivity index is 1.73. The highest BCUT2D eigenvalue weighted by Crippen LogP contribution is 2.38. The first kappa shape index (κ1) is 15.4. The zero-order chi connectivity index (χ0) is 16.2. The van der Waals surface area contributed by atoms with E-state index in [1.165, 1.54) is 12.1 Å². The van der Waals surface area contributed by atoms with Crippen LogP contribution >= 0.6 is 0 Å². The van der Waals surface area contributed by atoms with Gasteiger partial charge >= 0.3 is 6.61 Å². The molecule has 1 atom stereocenters. The summed E-state index contributed by atoms with van der Waals surface area (Å²) in [5.74, 6) is 1.56. The number of fused-ring (bicyclic) bond motifs is 1. The van der Waals surface area contributed by atoms with E-state index in [-0.39, 0.29) is 11.8 Å². The molecule has 0 amide bonds. The summed E-state index contributed by atoms with van der Waals surface area (Å²) in [6, 6.07) is 12.2. The Hall–Kier alpha value is -2.50. The van der Waals surface area contributed by atoms with Crippen molar-refractivity contribution in [2.24, 2.45) is 0 Å². The Morgan fingerprint density at radius 1 is 1.04 bits per heavy atom. The van der Waals surface area contributed by atoms with E-state index in [9.17, 15) is 8.78 Å². The lowest BCUT2D eigenvalue weighted by Crippen LogP contribution is -2.17. The van der Waals surface area contributed by atoms with Gasteiger partial charge in [0.2, 0.25) is 0 Å². The van der Waals surface area contributed by atoms with Crippen LogP contribution in [0.25, 0.3) is 0 Å². The number of alkyl halides is 2. The van der Waals surface area contributed by atoms with Crippen LogP contribution in [0.3, 0.4) is 0 Å². The number of hydrogen-bond donors (Lipinski definition) is 1. The Morgan fingerprint density at radius 2 is 1.78 bits per heavy atom. The second-order valence-corrected chi connectivity index (χ2v) is 5.14. The molecule has 1 heterocycles. The highest BCUT2D eigenvalue weighted by Gasteiger charge is 2.17. The molecule has 23 heavy (non-hydrogen) atoms. The summed E-state index contributed by atoms with van der Waals surface area (Å²) in [6.45, 7) is 0.216. The van der Waals surface area contributed by atoms with Crippen LogP contribution in [0.2, 0.25) is 0 Å². The molecular weight excluding hydrogens is 304 g/mol. The average Bonchev–Trinajstić information content (AvgIpc) is 2.55. The van der Waals surface area contributed by atoms with Crippen LogP contribution in [0.5, 0.6) is 17.2 Å². The van der Waals surface area contributed by atoms with Gasteiger partial charge in [0, 0.05) is 6.04 Å². The van der Waals surface area contributed by atoms with Gasteiger partial charge in [-0.05, 0) is 36.8 Å². The first-order chi connectivity index (χ1) is 11.1. The lowest BCUT2D eigenvalue weighted by atomic mass is 10.1. The third-order valence-corrected chi connectivity index (χ3v) is 3.54. The van der Waals surface area contributed by atoms with Crippen molar-refractivity contribution in [1.82, 2.24) is 0 Å². The summed E-state index contributed by atoms with van der Waals surface area (Å²) >= 11 is 0. The molecule has 0 saturated heterocycles. The van der Waals surface area contributed by atoms with E-state index in [1.807, 2.05) is 25.1 Å². The maximum atomic E-state index is 12.2.